The van der Waals surface area contributed by atoms with Crippen LogP contribution in [-0.2, 0) is 0 Å². The number of hydrogen-bond acceptors (Lipinski definition) is 2. The maximum Gasteiger partial charge on any atom is 0.273 e. The van der Waals surface area contributed by atoms with Gasteiger partial charge < -0.3 is 4.90 Å². The van der Waals surface area contributed by atoms with Gasteiger partial charge in [0.1, 0.15) is 5.69 Å². The van der Waals surface area contributed by atoms with Crippen molar-refractivity contribution < 1.29 is 4.79 Å². The summed E-state index contributed by atoms with van der Waals surface area (Å²) in [6.45, 7) is 6.25. The van der Waals surface area contributed by atoms with Crippen molar-refractivity contribution in [2.75, 3.05) is 13.1 Å². The highest BCUT2D eigenvalue weighted by Crippen LogP contribution is 2.25. The van der Waals surface area contributed by atoms with Gasteiger partial charge in [-0.15, -0.1) is 0 Å². The lowest BCUT2D eigenvalue weighted by Crippen LogP contribution is -2.32. The fourth-order valence-corrected chi connectivity index (χ4v) is 2.93. The first-order valence-corrected chi connectivity index (χ1v) is 7.37. The van der Waals surface area contributed by atoms with Gasteiger partial charge in [0.15, 0.2) is 0 Å². The predicted molar refractivity (Wildman–Crippen MR) is 74.4 cm³/mol. The van der Waals surface area contributed by atoms with Crippen molar-refractivity contribution in [2.24, 2.45) is 11.8 Å². The average Bonchev–Trinajstić information content (AvgIpc) is 2.63. The molecule has 1 saturated heterocycles. The van der Waals surface area contributed by atoms with Crippen LogP contribution < -0.4 is 0 Å². The topological polar surface area (TPSA) is 49.0 Å². The number of likely N-dealkylation sites (tertiary alicyclic amines) is 1. The molecule has 2 rings (SSSR count). The summed E-state index contributed by atoms with van der Waals surface area (Å²) in [4.78, 5) is 14.3. The number of aromatic nitrogens is 2. The molecule has 18 heavy (non-hydrogen) atoms. The van der Waals surface area contributed by atoms with Crippen LogP contribution in [0.1, 0.15) is 43.6 Å². The zero-order chi connectivity index (χ0) is 13.1. The molecule has 1 amide bonds. The van der Waals surface area contributed by atoms with E-state index in [9.17, 15) is 4.79 Å². The third kappa shape index (κ3) is 2.94. The van der Waals surface area contributed by atoms with E-state index in [1.54, 1.807) is 6.20 Å². The number of aromatic amines is 1. The minimum atomic E-state index is 0.0591. The predicted octanol–water partition coefficient (Wildman–Crippen LogP) is 3.07. The molecule has 1 aliphatic rings. The molecule has 1 aliphatic heterocycles. The summed E-state index contributed by atoms with van der Waals surface area (Å²) < 4.78 is 0.747. The number of H-pyrrole nitrogens is 1. The molecule has 2 heterocycles. The van der Waals surface area contributed by atoms with Gasteiger partial charge in [0.05, 0.1) is 10.7 Å². The third-order valence-corrected chi connectivity index (χ3v) is 4.41. The van der Waals surface area contributed by atoms with Crippen LogP contribution in [0.2, 0.25) is 0 Å². The van der Waals surface area contributed by atoms with Crippen LogP contribution in [-0.4, -0.2) is 34.1 Å². The lowest BCUT2D eigenvalue weighted by Gasteiger charge is -2.21. The Morgan fingerprint density at radius 2 is 2.28 bits per heavy atom. The first-order valence-electron chi connectivity index (χ1n) is 6.57. The van der Waals surface area contributed by atoms with Crippen molar-refractivity contribution >= 4 is 21.8 Å². The molecular formula is C13H20BrN3O. The lowest BCUT2D eigenvalue weighted by molar-refractivity contribution is 0.0752. The molecule has 1 fully saturated rings. The number of carbonyl (C=O) groups is 1. The molecule has 5 heteroatoms. The third-order valence-electron chi connectivity index (χ3n) is 3.81. The van der Waals surface area contributed by atoms with Crippen molar-refractivity contribution in [1.29, 1.82) is 0 Å². The van der Waals surface area contributed by atoms with Crippen LogP contribution in [0.3, 0.4) is 0 Å². The molecule has 0 radical (unpaired) electrons. The van der Waals surface area contributed by atoms with E-state index in [4.69, 9.17) is 0 Å². The van der Waals surface area contributed by atoms with Gasteiger partial charge in [-0.25, -0.2) is 0 Å². The second-order valence-corrected chi connectivity index (χ2v) is 6.17. The summed E-state index contributed by atoms with van der Waals surface area (Å²) in [7, 11) is 0. The number of amides is 1. The van der Waals surface area contributed by atoms with Gasteiger partial charge in [0.2, 0.25) is 0 Å². The van der Waals surface area contributed by atoms with Gasteiger partial charge in [0.25, 0.3) is 5.91 Å². The van der Waals surface area contributed by atoms with E-state index in [1.807, 2.05) is 4.90 Å². The number of nitrogens with zero attached hydrogens (tertiary/aromatic N) is 2. The van der Waals surface area contributed by atoms with E-state index in [0.717, 1.165) is 36.3 Å². The van der Waals surface area contributed by atoms with Crippen LogP contribution in [0.5, 0.6) is 0 Å². The Balaban J connectivity index is 2.02. The second kappa shape index (κ2) is 5.87. The van der Waals surface area contributed by atoms with Crippen LogP contribution >= 0.6 is 15.9 Å². The second-order valence-electron chi connectivity index (χ2n) is 5.32. The number of nitrogens with one attached hydrogen (secondary N) is 1. The summed E-state index contributed by atoms with van der Waals surface area (Å²) in [5, 5.41) is 6.65. The largest absolute Gasteiger partial charge is 0.337 e. The van der Waals surface area contributed by atoms with Crippen LogP contribution in [0, 0.1) is 11.8 Å². The minimum absolute atomic E-state index is 0.0591. The van der Waals surface area contributed by atoms with Crippen molar-refractivity contribution in [3.8, 4) is 0 Å². The van der Waals surface area contributed by atoms with Crippen LogP contribution in [0.4, 0.5) is 0 Å². The van der Waals surface area contributed by atoms with Gasteiger partial charge >= 0.3 is 0 Å². The van der Waals surface area contributed by atoms with E-state index in [2.05, 4.69) is 40.0 Å². The van der Waals surface area contributed by atoms with Crippen molar-refractivity contribution in [2.45, 2.75) is 33.1 Å². The summed E-state index contributed by atoms with van der Waals surface area (Å²) >= 11 is 3.35. The van der Waals surface area contributed by atoms with E-state index >= 15 is 0 Å². The summed E-state index contributed by atoms with van der Waals surface area (Å²) in [6.07, 6.45) is 5.06. The maximum absolute atomic E-state index is 12.3. The van der Waals surface area contributed by atoms with E-state index < -0.39 is 0 Å². The summed E-state index contributed by atoms with van der Waals surface area (Å²) in [6, 6.07) is 0. The Kier molecular flexibility index (Phi) is 4.43. The van der Waals surface area contributed by atoms with E-state index in [1.165, 1.54) is 6.42 Å². The highest BCUT2D eigenvalue weighted by atomic mass is 79.9. The average molecular weight is 314 g/mol. The Morgan fingerprint density at radius 3 is 2.89 bits per heavy atom. The Labute approximate surface area is 116 Å². The van der Waals surface area contributed by atoms with Gasteiger partial charge in [-0.2, -0.15) is 5.10 Å². The van der Waals surface area contributed by atoms with Crippen molar-refractivity contribution in [1.82, 2.24) is 15.1 Å². The monoisotopic (exact) mass is 313 g/mol. The normalized spacial score (nSPS) is 21.1. The molecule has 0 aromatic carbocycles. The zero-order valence-electron chi connectivity index (χ0n) is 10.9. The molecule has 1 aromatic heterocycles. The number of rotatable bonds is 2. The zero-order valence-corrected chi connectivity index (χ0v) is 12.5. The summed E-state index contributed by atoms with van der Waals surface area (Å²) in [5.74, 6) is 1.51. The molecule has 0 spiro atoms. The fourth-order valence-electron chi connectivity index (χ4n) is 2.57. The highest BCUT2D eigenvalue weighted by Gasteiger charge is 2.24. The molecule has 0 bridgehead atoms. The first kappa shape index (κ1) is 13.6. The van der Waals surface area contributed by atoms with Gasteiger partial charge in [-0.1, -0.05) is 13.8 Å². The van der Waals surface area contributed by atoms with Crippen LogP contribution in [0.25, 0.3) is 0 Å². The SMILES string of the molecule is CC(C)[C@@H]1CCCN(C(=O)c2[nH]ncc2Br)CC1. The highest BCUT2D eigenvalue weighted by molar-refractivity contribution is 9.10. The fraction of sp³-hybridized carbons (Fsp3) is 0.692. The van der Waals surface area contributed by atoms with Gasteiger partial charge in [-0.3, -0.25) is 9.89 Å². The molecule has 0 saturated carbocycles. The Hall–Kier alpha value is -0.840. The van der Waals surface area contributed by atoms with E-state index in [0.29, 0.717) is 11.6 Å². The molecule has 4 nitrogen and oxygen atoms in total. The van der Waals surface area contributed by atoms with E-state index in [-0.39, 0.29) is 5.91 Å². The Morgan fingerprint density at radius 1 is 1.50 bits per heavy atom. The van der Waals surface area contributed by atoms with Gasteiger partial charge in [-0.05, 0) is 47.0 Å². The van der Waals surface area contributed by atoms with Gasteiger partial charge in [0, 0.05) is 13.1 Å². The van der Waals surface area contributed by atoms with Crippen LogP contribution in [0.15, 0.2) is 10.7 Å². The Bertz CT molecular complexity index is 416. The number of halogens is 1. The van der Waals surface area contributed by atoms with Crippen molar-refractivity contribution in [3.63, 3.8) is 0 Å². The number of hydrogen-bond donors (Lipinski definition) is 1. The molecule has 1 aromatic rings. The summed E-state index contributed by atoms with van der Waals surface area (Å²) in [5.41, 5.74) is 0.568. The van der Waals surface area contributed by atoms with Crippen molar-refractivity contribution in [3.05, 3.63) is 16.4 Å². The molecular weight excluding hydrogens is 294 g/mol. The molecule has 1 N–H and O–H groups in total. The molecule has 1 atom stereocenters. The number of carbonyl (C=O) groups excluding carboxylic acids is 1. The lowest BCUT2D eigenvalue weighted by atomic mass is 9.89. The maximum atomic E-state index is 12.3. The quantitative estimate of drug-likeness (QED) is 0.912. The molecule has 100 valence electrons. The standard InChI is InChI=1S/C13H20BrN3O/c1-9(2)10-4-3-6-17(7-5-10)13(18)12-11(14)8-15-16-12/h8-10H,3-7H2,1-2H3,(H,15,16)/t10-/m1/s1. The molecule has 0 aliphatic carbocycles. The minimum Gasteiger partial charge on any atom is -0.337 e. The molecule has 0 unspecified atom stereocenters. The first-order chi connectivity index (χ1) is 8.59. The smallest absolute Gasteiger partial charge is 0.273 e.